The van der Waals surface area contributed by atoms with E-state index >= 15 is 0 Å². The molecular weight excluding hydrogens is 424 g/mol. The minimum atomic E-state index is -3.95. The van der Waals surface area contributed by atoms with E-state index in [0.29, 0.717) is 12.3 Å². The second kappa shape index (κ2) is 12.0. The molecule has 0 amide bonds. The Labute approximate surface area is 172 Å². The summed E-state index contributed by atoms with van der Waals surface area (Å²) in [5.74, 6) is 0.746. The summed E-state index contributed by atoms with van der Waals surface area (Å²) in [5.41, 5.74) is 0. The smallest absolute Gasteiger partial charge is 0.307 e. The molecule has 1 unspecified atom stereocenters. The first-order valence-electron chi connectivity index (χ1n) is 9.60. The van der Waals surface area contributed by atoms with Crippen molar-refractivity contribution in [3.8, 4) is 0 Å². The maximum Gasteiger partial charge on any atom is 0.366 e. The van der Waals surface area contributed by atoms with Gasteiger partial charge in [0.05, 0.1) is 26.4 Å². The van der Waals surface area contributed by atoms with Crippen molar-refractivity contribution >= 4 is 32.1 Å². The third-order valence-electron chi connectivity index (χ3n) is 4.05. The highest BCUT2D eigenvalue weighted by molar-refractivity contribution is 8.13. The van der Waals surface area contributed by atoms with Crippen molar-refractivity contribution < 1.29 is 32.0 Å². The first-order valence-corrected chi connectivity index (χ1v) is 13.7. The molecule has 1 heterocycles. The van der Waals surface area contributed by atoms with E-state index in [1.807, 2.05) is 6.08 Å². The topological polar surface area (TPSA) is 100 Å². The highest BCUT2D eigenvalue weighted by atomic mass is 32.2. The molecule has 1 aliphatic rings. The Kier molecular flexibility index (Phi) is 11.2. The summed E-state index contributed by atoms with van der Waals surface area (Å²) in [6.45, 7) is 9.16. The molecule has 0 aromatic carbocycles. The van der Waals surface area contributed by atoms with Gasteiger partial charge in [-0.25, -0.2) is 0 Å². The van der Waals surface area contributed by atoms with Crippen LogP contribution in [-0.4, -0.2) is 48.9 Å². The van der Waals surface area contributed by atoms with Gasteiger partial charge in [-0.1, -0.05) is 17.8 Å². The van der Waals surface area contributed by atoms with Crippen LogP contribution in [-0.2, 0) is 32.0 Å². The third-order valence-corrected chi connectivity index (χ3v) is 11.0. The summed E-state index contributed by atoms with van der Waals surface area (Å²) in [6.07, 6.45) is 4.15. The number of hydrogen-bond donors (Lipinski definition) is 1. The Bertz CT molecular complexity index is 579. The Morgan fingerprint density at radius 1 is 1.04 bits per heavy atom. The van der Waals surface area contributed by atoms with Crippen LogP contribution in [0.25, 0.3) is 0 Å². The summed E-state index contributed by atoms with van der Waals surface area (Å²) in [5, 5.41) is 1.48. The predicted octanol–water partition coefficient (Wildman–Crippen LogP) is 4.62. The van der Waals surface area contributed by atoms with E-state index in [2.05, 4.69) is 5.32 Å². The molecule has 0 saturated carbocycles. The molecule has 0 aromatic heterocycles. The van der Waals surface area contributed by atoms with Crippen molar-refractivity contribution in [3.05, 3.63) is 12.2 Å². The van der Waals surface area contributed by atoms with Gasteiger partial charge >= 0.3 is 15.2 Å². The molecule has 0 aromatic rings. The molecule has 1 rings (SSSR count). The van der Waals surface area contributed by atoms with Crippen LogP contribution in [0.4, 0.5) is 0 Å². The van der Waals surface area contributed by atoms with Crippen LogP contribution in [0.3, 0.4) is 0 Å². The van der Waals surface area contributed by atoms with Gasteiger partial charge in [0.25, 0.3) is 0 Å². The third kappa shape index (κ3) is 6.02. The molecule has 0 bridgehead atoms. The van der Waals surface area contributed by atoms with Crippen molar-refractivity contribution in [2.75, 3.05) is 38.7 Å². The highest BCUT2D eigenvalue weighted by Gasteiger charge is 2.64. The van der Waals surface area contributed by atoms with Crippen LogP contribution in [0.15, 0.2) is 12.2 Å². The molecule has 0 spiro atoms. The number of rotatable bonds is 13. The number of carbonyl (C=O) groups is 1. The fourth-order valence-corrected chi connectivity index (χ4v) is 8.91. The fourth-order valence-electron chi connectivity index (χ4n) is 2.91. The number of thioether (sulfide) groups is 1. The molecule has 0 saturated heterocycles. The van der Waals surface area contributed by atoms with E-state index in [4.69, 9.17) is 18.1 Å². The summed E-state index contributed by atoms with van der Waals surface area (Å²) >= 11 is 1.26. The molecule has 0 aliphatic carbocycles. The molecule has 8 nitrogen and oxygen atoms in total. The second-order valence-electron chi connectivity index (χ2n) is 6.02. The standard InChI is InChI=1S/C17H33NO7P2S/c1-6-22-26(20,23-7-2)17(27(21,24-8-3)25-9-4)12-10-16(14-18-17)11-13-28-15(5)19/h10,12,16,18H,6-9,11,13-14H2,1-5H3. The lowest BCUT2D eigenvalue weighted by molar-refractivity contribution is -0.109. The van der Waals surface area contributed by atoms with Gasteiger partial charge in [0.15, 0.2) is 5.12 Å². The lowest BCUT2D eigenvalue weighted by Gasteiger charge is -2.43. The van der Waals surface area contributed by atoms with E-state index in [-0.39, 0.29) is 37.5 Å². The second-order valence-corrected chi connectivity index (χ2v) is 12.1. The summed E-state index contributed by atoms with van der Waals surface area (Å²) < 4.78 is 49.7. The largest absolute Gasteiger partial charge is 0.366 e. The van der Waals surface area contributed by atoms with Gasteiger partial charge in [0, 0.05) is 19.2 Å². The Morgan fingerprint density at radius 3 is 1.82 bits per heavy atom. The molecule has 164 valence electrons. The fraction of sp³-hybridized carbons (Fsp3) is 0.824. The van der Waals surface area contributed by atoms with Gasteiger partial charge in [-0.15, -0.1) is 0 Å². The first-order chi connectivity index (χ1) is 13.2. The van der Waals surface area contributed by atoms with Gasteiger partial charge < -0.3 is 18.1 Å². The van der Waals surface area contributed by atoms with Crippen molar-refractivity contribution in [2.45, 2.75) is 46.1 Å². The molecular formula is C17H33NO7P2S. The minimum Gasteiger partial charge on any atom is -0.307 e. The van der Waals surface area contributed by atoms with E-state index in [9.17, 15) is 13.9 Å². The Morgan fingerprint density at radius 2 is 1.50 bits per heavy atom. The predicted molar refractivity (Wildman–Crippen MR) is 113 cm³/mol. The highest BCUT2D eigenvalue weighted by Crippen LogP contribution is 2.77. The van der Waals surface area contributed by atoms with E-state index in [1.54, 1.807) is 33.8 Å². The maximum atomic E-state index is 13.8. The number of nitrogens with one attached hydrogen (secondary N) is 1. The number of carbonyl (C=O) groups excluding carboxylic acids is 1. The summed E-state index contributed by atoms with van der Waals surface area (Å²) in [4.78, 5) is 11.1. The molecule has 1 N–H and O–H groups in total. The van der Waals surface area contributed by atoms with Crippen LogP contribution in [0, 0.1) is 5.92 Å². The van der Waals surface area contributed by atoms with Gasteiger partial charge in [-0.05, 0) is 46.1 Å². The lowest BCUT2D eigenvalue weighted by atomic mass is 10.0. The van der Waals surface area contributed by atoms with E-state index in [1.165, 1.54) is 18.7 Å². The molecule has 11 heteroatoms. The van der Waals surface area contributed by atoms with Crippen LogP contribution in [0.5, 0.6) is 0 Å². The molecule has 0 radical (unpaired) electrons. The van der Waals surface area contributed by atoms with Crippen molar-refractivity contribution in [1.82, 2.24) is 5.32 Å². The van der Waals surface area contributed by atoms with Crippen molar-refractivity contribution in [3.63, 3.8) is 0 Å². The average molecular weight is 457 g/mol. The van der Waals surface area contributed by atoms with Crippen molar-refractivity contribution in [1.29, 1.82) is 0 Å². The zero-order valence-electron chi connectivity index (χ0n) is 17.3. The number of hydrogen-bond acceptors (Lipinski definition) is 9. The van der Waals surface area contributed by atoms with Crippen LogP contribution in [0.1, 0.15) is 41.0 Å². The molecule has 1 atom stereocenters. The van der Waals surface area contributed by atoms with Crippen molar-refractivity contribution in [2.24, 2.45) is 5.92 Å². The molecule has 0 fully saturated rings. The van der Waals surface area contributed by atoms with Gasteiger partial charge in [-0.3, -0.25) is 19.2 Å². The zero-order chi connectivity index (χ0) is 21.3. The first kappa shape index (κ1) is 26.1. The normalized spacial score (nSPS) is 19.7. The molecule has 1 aliphatic heterocycles. The minimum absolute atomic E-state index is 0.0662. The van der Waals surface area contributed by atoms with Crippen LogP contribution < -0.4 is 5.32 Å². The van der Waals surface area contributed by atoms with Gasteiger partial charge in [-0.2, -0.15) is 0 Å². The zero-order valence-corrected chi connectivity index (χ0v) is 19.9. The van der Waals surface area contributed by atoms with E-state index in [0.717, 1.165) is 6.42 Å². The van der Waals surface area contributed by atoms with Gasteiger partial charge in [0.1, 0.15) is 0 Å². The SMILES string of the molecule is CCOP(=O)(OCC)C1(P(=O)(OCC)OCC)C=CC(CCSC(C)=O)CN1. The average Bonchev–Trinajstić information content (AvgIpc) is 2.62. The van der Waals surface area contributed by atoms with E-state index < -0.39 is 20.2 Å². The Hall–Kier alpha value is 0.0200. The van der Waals surface area contributed by atoms with Crippen LogP contribution in [0.2, 0.25) is 0 Å². The monoisotopic (exact) mass is 457 g/mol. The Balaban J connectivity index is 3.32. The molecule has 28 heavy (non-hydrogen) atoms. The summed E-state index contributed by atoms with van der Waals surface area (Å²) in [6, 6.07) is 0. The summed E-state index contributed by atoms with van der Waals surface area (Å²) in [7, 11) is -7.89. The van der Waals surface area contributed by atoms with Gasteiger partial charge in [0.2, 0.25) is 5.02 Å². The maximum absolute atomic E-state index is 13.8. The van der Waals surface area contributed by atoms with Crippen LogP contribution >= 0.6 is 27.0 Å². The quantitative estimate of drug-likeness (QED) is 0.314. The lowest BCUT2D eigenvalue weighted by Crippen LogP contribution is -2.49.